The van der Waals surface area contributed by atoms with Gasteiger partial charge in [-0.25, -0.2) is 0 Å². The molecule has 2 aromatic carbocycles. The van der Waals surface area contributed by atoms with E-state index in [9.17, 15) is 0 Å². The van der Waals surface area contributed by atoms with Crippen molar-refractivity contribution in [1.82, 2.24) is 5.32 Å². The molecule has 1 N–H and O–H groups in total. The fourth-order valence-corrected chi connectivity index (χ4v) is 2.09. The van der Waals surface area contributed by atoms with Gasteiger partial charge in [0.25, 0.3) is 0 Å². The lowest BCUT2D eigenvalue weighted by atomic mass is 10.1. The third-order valence-electron chi connectivity index (χ3n) is 3.53. The van der Waals surface area contributed by atoms with Gasteiger partial charge in [-0.05, 0) is 37.1 Å². The first-order valence-electron chi connectivity index (χ1n) is 7.37. The molecule has 0 saturated heterocycles. The Kier molecular flexibility index (Phi) is 6.09. The van der Waals surface area contributed by atoms with Crippen molar-refractivity contribution < 1.29 is 4.74 Å². The summed E-state index contributed by atoms with van der Waals surface area (Å²) >= 11 is 5.89. The Labute approximate surface area is 132 Å². The molecule has 2 rings (SSSR count). The van der Waals surface area contributed by atoms with Crippen LogP contribution in [0.3, 0.4) is 0 Å². The third kappa shape index (κ3) is 5.07. The van der Waals surface area contributed by atoms with Gasteiger partial charge < -0.3 is 10.1 Å². The zero-order valence-corrected chi connectivity index (χ0v) is 13.4. The maximum Gasteiger partial charge on any atom is 0.124 e. The van der Waals surface area contributed by atoms with Crippen LogP contribution in [0.15, 0.2) is 48.5 Å². The van der Waals surface area contributed by atoms with Gasteiger partial charge in [0.15, 0.2) is 0 Å². The van der Waals surface area contributed by atoms with Crippen LogP contribution in [-0.4, -0.2) is 6.04 Å². The fraction of sp³-hybridized carbons (Fsp3) is 0.333. The summed E-state index contributed by atoms with van der Waals surface area (Å²) in [6, 6.07) is 16.4. The molecular weight excluding hydrogens is 282 g/mol. The van der Waals surface area contributed by atoms with E-state index in [0.29, 0.717) is 12.6 Å². The van der Waals surface area contributed by atoms with E-state index < -0.39 is 0 Å². The smallest absolute Gasteiger partial charge is 0.124 e. The van der Waals surface area contributed by atoms with Crippen LogP contribution < -0.4 is 10.1 Å². The van der Waals surface area contributed by atoms with E-state index in [1.165, 1.54) is 5.56 Å². The van der Waals surface area contributed by atoms with Crippen LogP contribution in [0.2, 0.25) is 5.02 Å². The van der Waals surface area contributed by atoms with Gasteiger partial charge in [0.2, 0.25) is 0 Å². The van der Waals surface area contributed by atoms with Crippen LogP contribution in [-0.2, 0) is 13.2 Å². The van der Waals surface area contributed by atoms with Crippen LogP contribution in [0.1, 0.15) is 31.4 Å². The molecule has 0 unspecified atom stereocenters. The Bertz CT molecular complexity index is 553. The first-order valence-corrected chi connectivity index (χ1v) is 7.75. The van der Waals surface area contributed by atoms with Gasteiger partial charge in [0.05, 0.1) is 0 Å². The number of para-hydroxylation sites is 1. The Morgan fingerprint density at radius 3 is 2.52 bits per heavy atom. The minimum absolute atomic E-state index is 0.509. The summed E-state index contributed by atoms with van der Waals surface area (Å²) in [6.07, 6.45) is 1.12. The Balaban J connectivity index is 1.97. The van der Waals surface area contributed by atoms with E-state index in [-0.39, 0.29) is 0 Å². The highest BCUT2D eigenvalue weighted by Crippen LogP contribution is 2.20. The molecule has 0 spiro atoms. The highest BCUT2D eigenvalue weighted by molar-refractivity contribution is 6.30. The maximum absolute atomic E-state index is 5.95. The molecule has 112 valence electrons. The predicted molar refractivity (Wildman–Crippen MR) is 88.8 cm³/mol. The molecule has 0 heterocycles. The second-order valence-corrected chi connectivity index (χ2v) is 5.65. The van der Waals surface area contributed by atoms with Crippen LogP contribution in [0.4, 0.5) is 0 Å². The number of hydrogen-bond acceptors (Lipinski definition) is 2. The van der Waals surface area contributed by atoms with Gasteiger partial charge in [-0.2, -0.15) is 0 Å². The lowest BCUT2D eigenvalue weighted by molar-refractivity contribution is 0.301. The average molecular weight is 304 g/mol. The molecule has 0 aliphatic rings. The monoisotopic (exact) mass is 303 g/mol. The summed E-state index contributed by atoms with van der Waals surface area (Å²) in [5.74, 6) is 0.934. The van der Waals surface area contributed by atoms with Crippen molar-refractivity contribution in [2.75, 3.05) is 0 Å². The van der Waals surface area contributed by atoms with Crippen LogP contribution in [0.5, 0.6) is 5.75 Å². The molecule has 0 aromatic heterocycles. The lowest BCUT2D eigenvalue weighted by Crippen LogP contribution is -2.24. The van der Waals surface area contributed by atoms with Gasteiger partial charge >= 0.3 is 0 Å². The lowest BCUT2D eigenvalue weighted by Gasteiger charge is -2.15. The normalized spacial score (nSPS) is 12.1. The van der Waals surface area contributed by atoms with E-state index >= 15 is 0 Å². The summed E-state index contributed by atoms with van der Waals surface area (Å²) in [6.45, 7) is 5.75. The van der Waals surface area contributed by atoms with Crippen LogP contribution in [0.25, 0.3) is 0 Å². The summed E-state index contributed by atoms with van der Waals surface area (Å²) in [5.41, 5.74) is 2.30. The van der Waals surface area contributed by atoms with Crippen molar-refractivity contribution >= 4 is 11.6 Å². The summed E-state index contributed by atoms with van der Waals surface area (Å²) in [7, 11) is 0. The van der Waals surface area contributed by atoms with Gasteiger partial charge in [0.1, 0.15) is 12.4 Å². The summed E-state index contributed by atoms with van der Waals surface area (Å²) in [4.78, 5) is 0. The zero-order chi connectivity index (χ0) is 15.1. The number of nitrogens with one attached hydrogen (secondary N) is 1. The largest absolute Gasteiger partial charge is 0.489 e. The number of halogens is 1. The van der Waals surface area contributed by atoms with Crippen molar-refractivity contribution in [2.24, 2.45) is 0 Å². The number of ether oxygens (including phenoxy) is 1. The highest BCUT2D eigenvalue weighted by atomic mass is 35.5. The standard InChI is InChI=1S/C18H22ClNO/c1-3-14(2)20-12-16-6-4-5-7-18(16)21-13-15-8-10-17(19)11-9-15/h4-11,14,20H,3,12-13H2,1-2H3/t14-/m1/s1. The van der Waals surface area contributed by atoms with E-state index in [2.05, 4.69) is 25.2 Å². The first kappa shape index (κ1) is 15.9. The molecule has 2 aromatic rings. The van der Waals surface area contributed by atoms with Gasteiger partial charge in [0, 0.05) is 23.2 Å². The number of rotatable bonds is 7. The molecule has 0 aliphatic heterocycles. The molecule has 21 heavy (non-hydrogen) atoms. The Hall–Kier alpha value is -1.51. The quantitative estimate of drug-likeness (QED) is 0.793. The Morgan fingerprint density at radius 2 is 1.81 bits per heavy atom. The molecule has 0 amide bonds. The Morgan fingerprint density at radius 1 is 1.10 bits per heavy atom. The third-order valence-corrected chi connectivity index (χ3v) is 3.79. The highest BCUT2D eigenvalue weighted by Gasteiger charge is 2.05. The molecular formula is C18H22ClNO. The minimum Gasteiger partial charge on any atom is -0.489 e. The molecule has 0 saturated carbocycles. The topological polar surface area (TPSA) is 21.3 Å². The molecule has 0 fully saturated rings. The SMILES string of the molecule is CC[C@@H](C)NCc1ccccc1OCc1ccc(Cl)cc1. The summed E-state index contributed by atoms with van der Waals surface area (Å²) < 4.78 is 5.95. The predicted octanol–water partition coefficient (Wildman–Crippen LogP) is 4.81. The molecule has 1 atom stereocenters. The molecule has 0 aliphatic carbocycles. The number of hydrogen-bond donors (Lipinski definition) is 1. The van der Waals surface area contributed by atoms with Crippen LogP contribution >= 0.6 is 11.6 Å². The first-order chi connectivity index (χ1) is 10.2. The second kappa shape index (κ2) is 8.06. The van der Waals surface area contributed by atoms with Crippen molar-refractivity contribution in [3.8, 4) is 5.75 Å². The van der Waals surface area contributed by atoms with Crippen molar-refractivity contribution in [2.45, 2.75) is 39.5 Å². The van der Waals surface area contributed by atoms with Gasteiger partial charge in [-0.3, -0.25) is 0 Å². The van der Waals surface area contributed by atoms with Crippen LogP contribution in [0, 0.1) is 0 Å². The second-order valence-electron chi connectivity index (χ2n) is 5.21. The molecule has 0 bridgehead atoms. The number of benzene rings is 2. The maximum atomic E-state index is 5.95. The summed E-state index contributed by atoms with van der Waals surface area (Å²) in [5, 5.41) is 4.24. The molecule has 2 nitrogen and oxygen atoms in total. The zero-order valence-electron chi connectivity index (χ0n) is 12.6. The van der Waals surface area contributed by atoms with Crippen molar-refractivity contribution in [3.05, 3.63) is 64.7 Å². The van der Waals surface area contributed by atoms with Crippen molar-refractivity contribution in [1.29, 1.82) is 0 Å². The molecule has 0 radical (unpaired) electrons. The van der Waals surface area contributed by atoms with E-state index in [1.807, 2.05) is 42.5 Å². The van der Waals surface area contributed by atoms with Gasteiger partial charge in [-0.1, -0.05) is 48.9 Å². The van der Waals surface area contributed by atoms with Gasteiger partial charge in [-0.15, -0.1) is 0 Å². The minimum atomic E-state index is 0.509. The average Bonchev–Trinajstić information content (AvgIpc) is 2.52. The van der Waals surface area contributed by atoms with E-state index in [4.69, 9.17) is 16.3 Å². The van der Waals surface area contributed by atoms with Crippen molar-refractivity contribution in [3.63, 3.8) is 0 Å². The fourth-order valence-electron chi connectivity index (χ4n) is 1.96. The van der Waals surface area contributed by atoms with E-state index in [1.54, 1.807) is 0 Å². The van der Waals surface area contributed by atoms with E-state index in [0.717, 1.165) is 29.3 Å². The molecule has 3 heteroatoms.